The number of allylic oxidation sites excluding steroid dienone is 2. The Morgan fingerprint density at radius 2 is 1.19 bits per heavy atom. The topological polar surface area (TPSA) is 26.3 Å². The highest BCUT2D eigenvalue weighted by Crippen LogP contribution is 2.13. The molecule has 0 aliphatic carbocycles. The van der Waals surface area contributed by atoms with Gasteiger partial charge in [-0.05, 0) is 25.7 Å². The molecular formula is C23H44O2S. The van der Waals surface area contributed by atoms with E-state index in [4.69, 9.17) is 4.74 Å². The van der Waals surface area contributed by atoms with Crippen molar-refractivity contribution in [3.8, 4) is 0 Å². The van der Waals surface area contributed by atoms with Crippen molar-refractivity contribution in [1.82, 2.24) is 0 Å². The molecule has 0 aromatic rings. The molecule has 0 aliphatic heterocycles. The number of rotatable bonds is 20. The van der Waals surface area contributed by atoms with Gasteiger partial charge < -0.3 is 4.74 Å². The van der Waals surface area contributed by atoms with E-state index >= 15 is 0 Å². The fourth-order valence-electron chi connectivity index (χ4n) is 3.11. The number of thiol groups is 1. The summed E-state index contributed by atoms with van der Waals surface area (Å²) >= 11 is 4.03. The van der Waals surface area contributed by atoms with Gasteiger partial charge in [0.05, 0.1) is 0 Å². The summed E-state index contributed by atoms with van der Waals surface area (Å²) in [7, 11) is 0. The predicted molar refractivity (Wildman–Crippen MR) is 118 cm³/mol. The van der Waals surface area contributed by atoms with Crippen molar-refractivity contribution in [3.63, 3.8) is 0 Å². The fraction of sp³-hybridized carbons (Fsp3) is 0.870. The average Bonchev–Trinajstić information content (AvgIpc) is 2.65. The van der Waals surface area contributed by atoms with Crippen LogP contribution >= 0.6 is 12.6 Å². The highest BCUT2D eigenvalue weighted by atomic mass is 32.1. The third-order valence-electron chi connectivity index (χ3n) is 4.73. The number of esters is 1. The smallest absolute Gasteiger partial charge is 0.305 e. The number of hydrogen-bond acceptors (Lipinski definition) is 3. The summed E-state index contributed by atoms with van der Waals surface area (Å²) in [4.78, 5) is 11.3. The second-order valence-electron chi connectivity index (χ2n) is 7.34. The van der Waals surface area contributed by atoms with Crippen LogP contribution in [-0.4, -0.2) is 18.3 Å². The summed E-state index contributed by atoms with van der Waals surface area (Å²) in [6.07, 6.45) is 26.3. The van der Waals surface area contributed by atoms with Crippen LogP contribution in [0.4, 0.5) is 0 Å². The van der Waals surface area contributed by atoms with Crippen LogP contribution in [0, 0.1) is 0 Å². The van der Waals surface area contributed by atoms with Crippen LogP contribution in [0.15, 0.2) is 12.2 Å². The molecule has 0 unspecified atom stereocenters. The molecule has 3 heteroatoms. The highest BCUT2D eigenvalue weighted by Gasteiger charge is 2.01. The lowest BCUT2D eigenvalue weighted by atomic mass is 10.0. The molecule has 0 aromatic heterocycles. The number of carbonyl (C=O) groups is 1. The van der Waals surface area contributed by atoms with E-state index in [0.29, 0.717) is 18.8 Å². The molecule has 0 fully saturated rings. The zero-order valence-corrected chi connectivity index (χ0v) is 18.2. The first-order chi connectivity index (χ1) is 12.8. The zero-order valence-electron chi connectivity index (χ0n) is 17.4. The quantitative estimate of drug-likeness (QED) is 0.101. The van der Waals surface area contributed by atoms with Crippen molar-refractivity contribution in [1.29, 1.82) is 0 Å². The van der Waals surface area contributed by atoms with Crippen molar-refractivity contribution in [3.05, 3.63) is 12.2 Å². The summed E-state index contributed by atoms with van der Waals surface area (Å²) in [6, 6.07) is 0. The number of hydrogen-bond donors (Lipinski definition) is 1. The second kappa shape index (κ2) is 22.6. The van der Waals surface area contributed by atoms with E-state index in [2.05, 4.69) is 31.7 Å². The normalized spacial score (nSPS) is 11.3. The molecule has 26 heavy (non-hydrogen) atoms. The Bertz CT molecular complexity index is 315. The van der Waals surface area contributed by atoms with Gasteiger partial charge in [-0.2, -0.15) is 12.6 Å². The fourth-order valence-corrected chi connectivity index (χ4v) is 3.20. The molecule has 0 rings (SSSR count). The highest BCUT2D eigenvalue weighted by molar-refractivity contribution is 7.80. The summed E-state index contributed by atoms with van der Waals surface area (Å²) in [5.41, 5.74) is 0. The first-order valence-electron chi connectivity index (χ1n) is 11.2. The third-order valence-corrected chi connectivity index (χ3v) is 4.91. The summed E-state index contributed by atoms with van der Waals surface area (Å²) < 4.78 is 5.01. The molecule has 0 amide bonds. The average molecular weight is 385 g/mol. The lowest BCUT2D eigenvalue weighted by molar-refractivity contribution is -0.143. The van der Waals surface area contributed by atoms with Gasteiger partial charge >= 0.3 is 5.97 Å². The molecule has 0 spiro atoms. The molecule has 2 nitrogen and oxygen atoms in total. The lowest BCUT2D eigenvalue weighted by Crippen LogP contribution is -2.06. The molecule has 0 saturated heterocycles. The Labute approximate surface area is 169 Å². The van der Waals surface area contributed by atoms with Gasteiger partial charge in [0.25, 0.3) is 0 Å². The van der Waals surface area contributed by atoms with E-state index in [1.807, 2.05) is 0 Å². The monoisotopic (exact) mass is 384 g/mol. The van der Waals surface area contributed by atoms with E-state index in [-0.39, 0.29) is 5.97 Å². The van der Waals surface area contributed by atoms with Crippen molar-refractivity contribution < 1.29 is 9.53 Å². The molecular weight excluding hydrogens is 340 g/mol. The van der Waals surface area contributed by atoms with Crippen LogP contribution in [0.2, 0.25) is 0 Å². The van der Waals surface area contributed by atoms with Gasteiger partial charge in [0.1, 0.15) is 6.61 Å². The van der Waals surface area contributed by atoms with Crippen LogP contribution in [-0.2, 0) is 9.53 Å². The molecule has 0 saturated carbocycles. The molecule has 0 radical (unpaired) electrons. The summed E-state index contributed by atoms with van der Waals surface area (Å²) in [6.45, 7) is 2.68. The predicted octanol–water partition coefficient (Wildman–Crippen LogP) is 7.67. The Hall–Kier alpha value is -0.440. The number of ether oxygens (including phenoxy) is 1. The van der Waals surface area contributed by atoms with Crippen LogP contribution in [0.1, 0.15) is 116 Å². The van der Waals surface area contributed by atoms with Crippen LogP contribution in [0.3, 0.4) is 0 Å². The molecule has 0 aliphatic rings. The van der Waals surface area contributed by atoms with Crippen LogP contribution in [0.5, 0.6) is 0 Å². The Morgan fingerprint density at radius 3 is 1.69 bits per heavy atom. The van der Waals surface area contributed by atoms with Gasteiger partial charge in [0.15, 0.2) is 0 Å². The molecule has 0 bridgehead atoms. The summed E-state index contributed by atoms with van der Waals surface area (Å²) in [5, 5.41) is 0. The first-order valence-corrected chi connectivity index (χ1v) is 11.9. The minimum absolute atomic E-state index is 0.0630. The van der Waals surface area contributed by atoms with Gasteiger partial charge in [0, 0.05) is 12.2 Å². The molecule has 0 heterocycles. The molecule has 154 valence electrons. The zero-order chi connectivity index (χ0) is 19.1. The van der Waals surface area contributed by atoms with Gasteiger partial charge in [-0.25, -0.2) is 0 Å². The Balaban J connectivity index is 3.08. The Kier molecular flexibility index (Phi) is 22.2. The van der Waals surface area contributed by atoms with Gasteiger partial charge in [0.2, 0.25) is 0 Å². The number of carbonyl (C=O) groups excluding carboxylic acids is 1. The molecule has 0 N–H and O–H groups in total. The van der Waals surface area contributed by atoms with E-state index in [0.717, 1.165) is 12.8 Å². The van der Waals surface area contributed by atoms with E-state index in [9.17, 15) is 4.79 Å². The van der Waals surface area contributed by atoms with Crippen LogP contribution in [0.25, 0.3) is 0 Å². The van der Waals surface area contributed by atoms with Gasteiger partial charge in [-0.3, -0.25) is 4.79 Å². The minimum atomic E-state index is -0.0630. The standard InChI is InChI=1S/C23H44O2S/c1-2-3-4-5-6-7-8-9-10-11-12-13-14-15-16-17-18-19-20-23(24)25-21-22-26/h4-5,26H,2-3,6-22H2,1H3/b5-4+. The van der Waals surface area contributed by atoms with Crippen molar-refractivity contribution in [2.75, 3.05) is 12.4 Å². The maximum atomic E-state index is 11.3. The maximum Gasteiger partial charge on any atom is 0.305 e. The van der Waals surface area contributed by atoms with Crippen molar-refractivity contribution >= 4 is 18.6 Å². The van der Waals surface area contributed by atoms with Crippen molar-refractivity contribution in [2.45, 2.75) is 116 Å². The molecule has 0 aromatic carbocycles. The third kappa shape index (κ3) is 21.6. The van der Waals surface area contributed by atoms with E-state index < -0.39 is 0 Å². The van der Waals surface area contributed by atoms with Crippen molar-refractivity contribution in [2.24, 2.45) is 0 Å². The maximum absolute atomic E-state index is 11.3. The SMILES string of the molecule is CCC/C=C/CCCCCCCCCCCCCCCC(=O)OCCS. The second-order valence-corrected chi connectivity index (χ2v) is 7.79. The Morgan fingerprint density at radius 1 is 0.731 bits per heavy atom. The van der Waals surface area contributed by atoms with Gasteiger partial charge in [-0.15, -0.1) is 0 Å². The summed E-state index contributed by atoms with van der Waals surface area (Å²) in [5.74, 6) is 0.551. The van der Waals surface area contributed by atoms with E-state index in [1.165, 1.54) is 89.9 Å². The van der Waals surface area contributed by atoms with E-state index in [1.54, 1.807) is 0 Å². The molecule has 0 atom stereocenters. The van der Waals surface area contributed by atoms with Crippen LogP contribution < -0.4 is 0 Å². The minimum Gasteiger partial charge on any atom is -0.465 e. The first kappa shape index (κ1) is 25.6. The largest absolute Gasteiger partial charge is 0.465 e. The lowest BCUT2D eigenvalue weighted by Gasteiger charge is -2.04. The van der Waals surface area contributed by atoms with Gasteiger partial charge in [-0.1, -0.05) is 96.1 Å². The number of unbranched alkanes of at least 4 members (excludes halogenated alkanes) is 14.